The molecule has 2 aromatic rings. The second-order valence-electron chi connectivity index (χ2n) is 6.66. The second-order valence-corrected chi connectivity index (χ2v) is 7.67. The first-order chi connectivity index (χ1) is 15.5. The second kappa shape index (κ2) is 11.4. The number of para-hydroxylation sites is 1. The molecule has 9 heteroatoms. The van der Waals surface area contributed by atoms with Crippen LogP contribution in [0.25, 0.3) is 6.08 Å². The lowest BCUT2D eigenvalue weighted by molar-refractivity contribution is -0.122. The molecule has 3 rings (SSSR count). The fourth-order valence-corrected chi connectivity index (χ4v) is 3.92. The molecule has 0 spiro atoms. The Morgan fingerprint density at radius 1 is 1.19 bits per heavy atom. The van der Waals surface area contributed by atoms with E-state index in [-0.39, 0.29) is 12.5 Å². The number of thioether (sulfide) groups is 1. The zero-order chi connectivity index (χ0) is 22.9. The zero-order valence-corrected chi connectivity index (χ0v) is 18.8. The fraction of sp³-hybridized carbons (Fsp3) is 0.261. The number of hydrogen-bond acceptors (Lipinski definition) is 7. The third kappa shape index (κ3) is 6.12. The van der Waals surface area contributed by atoms with E-state index >= 15 is 0 Å². The number of benzene rings is 2. The molecule has 1 aliphatic rings. The highest BCUT2D eigenvalue weighted by Crippen LogP contribution is 2.35. The number of nitrogens with two attached hydrogens (primary N) is 1. The molecule has 0 aromatic heterocycles. The molecule has 0 saturated carbocycles. The molecule has 0 atom stereocenters. The van der Waals surface area contributed by atoms with E-state index in [0.717, 1.165) is 11.3 Å². The van der Waals surface area contributed by atoms with Crippen LogP contribution in [0.4, 0.5) is 5.69 Å². The molecule has 8 nitrogen and oxygen atoms in total. The minimum atomic E-state index is -0.580. The number of nitrogens with zero attached hydrogens (tertiary/aromatic N) is 2. The van der Waals surface area contributed by atoms with Crippen molar-refractivity contribution >= 4 is 40.5 Å². The molecule has 2 N–H and O–H groups in total. The molecule has 1 aliphatic heterocycles. The summed E-state index contributed by atoms with van der Waals surface area (Å²) in [4.78, 5) is 30.9. The maximum absolute atomic E-state index is 13.1. The summed E-state index contributed by atoms with van der Waals surface area (Å²) in [5.41, 5.74) is 6.64. The van der Waals surface area contributed by atoms with Crippen molar-refractivity contribution in [3.63, 3.8) is 0 Å². The van der Waals surface area contributed by atoms with Crippen molar-refractivity contribution < 1.29 is 23.8 Å². The van der Waals surface area contributed by atoms with E-state index in [0.29, 0.717) is 41.3 Å². The highest BCUT2D eigenvalue weighted by Gasteiger charge is 2.33. The van der Waals surface area contributed by atoms with E-state index in [1.54, 1.807) is 29.2 Å². The summed E-state index contributed by atoms with van der Waals surface area (Å²) in [6.07, 6.45) is 1.77. The number of rotatable bonds is 10. The molecule has 1 saturated heterocycles. The normalized spacial score (nSPS) is 16.1. The van der Waals surface area contributed by atoms with Gasteiger partial charge in [-0.3, -0.25) is 14.5 Å². The van der Waals surface area contributed by atoms with Crippen molar-refractivity contribution in [3.05, 3.63) is 59.0 Å². The number of ether oxygens (including phenoxy) is 3. The van der Waals surface area contributed by atoms with Crippen LogP contribution < -0.4 is 15.2 Å². The Morgan fingerprint density at radius 2 is 1.97 bits per heavy atom. The van der Waals surface area contributed by atoms with Crippen LogP contribution in [0.3, 0.4) is 0 Å². The number of methoxy groups -OCH3 is 1. The van der Waals surface area contributed by atoms with Gasteiger partial charge in [0, 0.05) is 6.61 Å². The molecular weight excluding hydrogens is 430 g/mol. The van der Waals surface area contributed by atoms with Crippen molar-refractivity contribution in [3.8, 4) is 11.5 Å². The zero-order valence-electron chi connectivity index (χ0n) is 17.9. The van der Waals surface area contributed by atoms with Crippen LogP contribution in [-0.2, 0) is 14.3 Å². The van der Waals surface area contributed by atoms with Crippen molar-refractivity contribution in [2.75, 3.05) is 33.5 Å². The summed E-state index contributed by atoms with van der Waals surface area (Å²) >= 11 is 1.31. The molecule has 0 bridgehead atoms. The summed E-state index contributed by atoms with van der Waals surface area (Å²) in [6, 6.07) is 14.7. The largest absolute Gasteiger partial charge is 0.493 e. The fourth-order valence-electron chi connectivity index (χ4n) is 2.90. The van der Waals surface area contributed by atoms with Crippen molar-refractivity contribution in [2.24, 2.45) is 10.7 Å². The quantitative estimate of drug-likeness (QED) is 0.436. The third-order valence-electron chi connectivity index (χ3n) is 4.39. The van der Waals surface area contributed by atoms with Gasteiger partial charge >= 0.3 is 0 Å². The van der Waals surface area contributed by atoms with Crippen LogP contribution in [0.5, 0.6) is 11.5 Å². The maximum atomic E-state index is 13.1. The lowest BCUT2D eigenvalue weighted by atomic mass is 10.2. The standard InChI is InChI=1S/C23H25N3O5S/c1-3-30-12-11-26-22(28)20(32-23(26)25-17-7-5-4-6-8-17)14-16-9-10-18(19(13-16)29-2)31-15-21(24)27/h4-10,13-14H,3,11-12,15H2,1-2H3,(H2,24,27)/b20-14-,25-23?. The van der Waals surface area contributed by atoms with Crippen LogP contribution in [-0.4, -0.2) is 55.4 Å². The van der Waals surface area contributed by atoms with Gasteiger partial charge in [-0.25, -0.2) is 4.99 Å². The predicted octanol–water partition coefficient (Wildman–Crippen LogP) is 3.20. The molecule has 2 aromatic carbocycles. The van der Waals surface area contributed by atoms with Crippen LogP contribution in [0.15, 0.2) is 58.4 Å². The number of carbonyl (C=O) groups excluding carboxylic acids is 2. The van der Waals surface area contributed by atoms with E-state index in [2.05, 4.69) is 4.99 Å². The number of primary amides is 1. The molecule has 0 aliphatic carbocycles. The minimum Gasteiger partial charge on any atom is -0.493 e. The molecule has 32 heavy (non-hydrogen) atoms. The van der Waals surface area contributed by atoms with E-state index in [1.165, 1.54) is 18.9 Å². The number of carbonyl (C=O) groups is 2. The topological polar surface area (TPSA) is 103 Å². The summed E-state index contributed by atoms with van der Waals surface area (Å²) < 4.78 is 16.1. The first-order valence-electron chi connectivity index (χ1n) is 10.0. The highest BCUT2D eigenvalue weighted by atomic mass is 32.2. The van der Waals surface area contributed by atoms with Gasteiger partial charge in [0.2, 0.25) is 0 Å². The van der Waals surface area contributed by atoms with Crippen LogP contribution in [0.1, 0.15) is 12.5 Å². The Morgan fingerprint density at radius 3 is 2.66 bits per heavy atom. The van der Waals surface area contributed by atoms with Gasteiger partial charge in [0.05, 0.1) is 30.9 Å². The Hall–Kier alpha value is -3.30. The minimum absolute atomic E-state index is 0.141. The number of hydrogen-bond donors (Lipinski definition) is 1. The lowest BCUT2D eigenvalue weighted by Crippen LogP contribution is -2.32. The summed E-state index contributed by atoms with van der Waals surface area (Å²) in [7, 11) is 1.50. The average Bonchev–Trinajstić information content (AvgIpc) is 3.07. The Kier molecular flexibility index (Phi) is 8.29. The molecule has 168 valence electrons. The monoisotopic (exact) mass is 455 g/mol. The summed E-state index contributed by atoms with van der Waals surface area (Å²) in [6.45, 7) is 3.07. The molecule has 0 unspecified atom stereocenters. The Labute approximate surface area is 191 Å². The smallest absolute Gasteiger partial charge is 0.266 e. The lowest BCUT2D eigenvalue weighted by Gasteiger charge is -2.15. The van der Waals surface area contributed by atoms with E-state index < -0.39 is 5.91 Å². The molecule has 1 heterocycles. The van der Waals surface area contributed by atoms with Gasteiger partial charge in [-0.05, 0) is 54.6 Å². The summed E-state index contributed by atoms with van der Waals surface area (Å²) in [5.74, 6) is 0.104. The van der Waals surface area contributed by atoms with Crippen molar-refractivity contribution in [1.82, 2.24) is 4.90 Å². The van der Waals surface area contributed by atoms with Crippen LogP contribution in [0.2, 0.25) is 0 Å². The summed E-state index contributed by atoms with van der Waals surface area (Å²) in [5, 5.41) is 0.598. The number of amidine groups is 1. The van der Waals surface area contributed by atoms with Crippen molar-refractivity contribution in [2.45, 2.75) is 6.92 Å². The first-order valence-corrected chi connectivity index (χ1v) is 10.9. The van der Waals surface area contributed by atoms with Gasteiger partial charge in [-0.15, -0.1) is 0 Å². The van der Waals surface area contributed by atoms with Gasteiger partial charge in [0.1, 0.15) is 0 Å². The van der Waals surface area contributed by atoms with E-state index in [1.807, 2.05) is 37.3 Å². The molecular formula is C23H25N3O5S. The molecule has 1 fully saturated rings. The van der Waals surface area contributed by atoms with E-state index in [4.69, 9.17) is 19.9 Å². The predicted molar refractivity (Wildman–Crippen MR) is 125 cm³/mol. The number of amides is 2. The van der Waals surface area contributed by atoms with Gasteiger partial charge in [0.15, 0.2) is 23.3 Å². The SMILES string of the molecule is CCOCCN1C(=O)/C(=C/c2ccc(OCC(N)=O)c(OC)c2)SC1=Nc1ccccc1. The molecule has 0 radical (unpaired) electrons. The van der Waals surface area contributed by atoms with E-state index in [9.17, 15) is 9.59 Å². The van der Waals surface area contributed by atoms with Crippen molar-refractivity contribution in [1.29, 1.82) is 0 Å². The Bertz CT molecular complexity index is 1020. The van der Waals surface area contributed by atoms with Gasteiger partial charge in [-0.1, -0.05) is 24.3 Å². The van der Waals surface area contributed by atoms with Gasteiger partial charge < -0.3 is 19.9 Å². The highest BCUT2D eigenvalue weighted by molar-refractivity contribution is 8.18. The van der Waals surface area contributed by atoms with Crippen LogP contribution in [0, 0.1) is 0 Å². The van der Waals surface area contributed by atoms with Crippen LogP contribution >= 0.6 is 11.8 Å². The molecule has 2 amide bonds. The maximum Gasteiger partial charge on any atom is 0.266 e. The third-order valence-corrected chi connectivity index (χ3v) is 5.39. The van der Waals surface area contributed by atoms with Gasteiger partial charge in [-0.2, -0.15) is 0 Å². The van der Waals surface area contributed by atoms with Gasteiger partial charge in [0.25, 0.3) is 11.8 Å². The first kappa shape index (κ1) is 23.4. The number of aliphatic imine (C=N–C) groups is 1. The average molecular weight is 456 g/mol. The Balaban J connectivity index is 1.87.